The summed E-state index contributed by atoms with van der Waals surface area (Å²) in [5, 5.41) is 11.5. The molecular weight excluding hydrogens is 346 g/mol. The fourth-order valence-electron chi connectivity index (χ4n) is 2.35. The van der Waals surface area contributed by atoms with Gasteiger partial charge in [0.25, 0.3) is 0 Å². The number of rotatable bonds is 6. The lowest BCUT2D eigenvalue weighted by atomic mass is 10.2. The van der Waals surface area contributed by atoms with Gasteiger partial charge < -0.3 is 15.0 Å². The number of hydrogen-bond donors (Lipinski definition) is 1. The zero-order valence-electron chi connectivity index (χ0n) is 15.1. The van der Waals surface area contributed by atoms with E-state index in [1.807, 2.05) is 6.07 Å². The van der Waals surface area contributed by atoms with Crippen LogP contribution in [0.2, 0.25) is 0 Å². The van der Waals surface area contributed by atoms with Crippen molar-refractivity contribution >= 4 is 29.2 Å². The Morgan fingerprint density at radius 1 is 1.07 bits per heavy atom. The van der Waals surface area contributed by atoms with Gasteiger partial charge >= 0.3 is 5.97 Å². The van der Waals surface area contributed by atoms with Gasteiger partial charge in [0.05, 0.1) is 23.8 Å². The van der Waals surface area contributed by atoms with Crippen molar-refractivity contribution < 1.29 is 19.1 Å². The van der Waals surface area contributed by atoms with Gasteiger partial charge in [-0.15, -0.1) is 0 Å². The average molecular weight is 365 g/mol. The van der Waals surface area contributed by atoms with Crippen LogP contribution in [0, 0.1) is 11.3 Å². The van der Waals surface area contributed by atoms with E-state index in [0.29, 0.717) is 22.5 Å². The monoisotopic (exact) mass is 365 g/mol. The van der Waals surface area contributed by atoms with Crippen molar-refractivity contribution in [3.8, 4) is 6.07 Å². The first-order valence-corrected chi connectivity index (χ1v) is 8.30. The first kappa shape index (κ1) is 19.7. The Bertz CT molecular complexity index is 868. The molecule has 0 fully saturated rings. The smallest absolute Gasteiger partial charge is 0.338 e. The van der Waals surface area contributed by atoms with E-state index < -0.39 is 11.9 Å². The van der Waals surface area contributed by atoms with Crippen LogP contribution < -0.4 is 10.2 Å². The SMILES string of the molecule is CCOC(=O)c1ccc(NC(=O)CN(C(C)=O)c2ccc(C#N)cc2)cc1. The molecule has 0 aliphatic carbocycles. The molecule has 7 heteroatoms. The van der Waals surface area contributed by atoms with Crippen LogP contribution in [0.3, 0.4) is 0 Å². The van der Waals surface area contributed by atoms with Gasteiger partial charge in [0, 0.05) is 18.3 Å². The van der Waals surface area contributed by atoms with E-state index in [4.69, 9.17) is 10.00 Å². The predicted octanol–water partition coefficient (Wildman–Crippen LogP) is 2.73. The van der Waals surface area contributed by atoms with E-state index >= 15 is 0 Å². The molecule has 0 unspecified atom stereocenters. The van der Waals surface area contributed by atoms with Crippen LogP contribution in [0.4, 0.5) is 11.4 Å². The van der Waals surface area contributed by atoms with Gasteiger partial charge in [0.2, 0.25) is 11.8 Å². The Balaban J connectivity index is 2.04. The van der Waals surface area contributed by atoms with Crippen molar-refractivity contribution in [1.82, 2.24) is 0 Å². The number of esters is 1. The number of ether oxygens (including phenoxy) is 1. The van der Waals surface area contributed by atoms with Gasteiger partial charge in [-0.05, 0) is 55.5 Å². The highest BCUT2D eigenvalue weighted by molar-refractivity contribution is 6.02. The normalized spacial score (nSPS) is 9.81. The lowest BCUT2D eigenvalue weighted by molar-refractivity contribution is -0.120. The highest BCUT2D eigenvalue weighted by atomic mass is 16.5. The molecule has 0 saturated carbocycles. The quantitative estimate of drug-likeness (QED) is 0.794. The average Bonchev–Trinajstić information content (AvgIpc) is 2.67. The minimum absolute atomic E-state index is 0.180. The lowest BCUT2D eigenvalue weighted by Gasteiger charge is -2.20. The second kappa shape index (κ2) is 9.15. The fraction of sp³-hybridized carbons (Fsp3) is 0.200. The van der Waals surface area contributed by atoms with E-state index in [2.05, 4.69) is 5.32 Å². The standard InChI is InChI=1S/C20H19N3O4/c1-3-27-20(26)16-6-8-17(9-7-16)22-19(25)13-23(14(2)24)18-10-4-15(12-21)5-11-18/h4-11H,3,13H2,1-2H3,(H,22,25). The van der Waals surface area contributed by atoms with Crippen LogP contribution >= 0.6 is 0 Å². The van der Waals surface area contributed by atoms with Crippen LogP contribution in [-0.2, 0) is 14.3 Å². The van der Waals surface area contributed by atoms with E-state index in [0.717, 1.165) is 0 Å². The molecule has 1 N–H and O–H groups in total. The van der Waals surface area contributed by atoms with Crippen LogP contribution in [0.25, 0.3) is 0 Å². The molecule has 0 aliphatic rings. The Kier molecular flexibility index (Phi) is 6.67. The highest BCUT2D eigenvalue weighted by Gasteiger charge is 2.16. The number of carbonyl (C=O) groups is 3. The van der Waals surface area contributed by atoms with Crippen molar-refractivity contribution in [3.05, 3.63) is 59.7 Å². The highest BCUT2D eigenvalue weighted by Crippen LogP contribution is 2.16. The van der Waals surface area contributed by atoms with Crippen molar-refractivity contribution in [2.24, 2.45) is 0 Å². The molecule has 0 aliphatic heterocycles. The molecule has 2 amide bonds. The maximum atomic E-state index is 12.3. The summed E-state index contributed by atoms with van der Waals surface area (Å²) < 4.78 is 4.90. The summed E-state index contributed by atoms with van der Waals surface area (Å²) in [6.07, 6.45) is 0. The van der Waals surface area contributed by atoms with Crippen molar-refractivity contribution in [2.75, 3.05) is 23.4 Å². The molecule has 2 aromatic carbocycles. The van der Waals surface area contributed by atoms with E-state index in [1.54, 1.807) is 55.5 Å². The molecule has 138 valence electrons. The summed E-state index contributed by atoms with van der Waals surface area (Å²) in [5.74, 6) is -1.12. The Morgan fingerprint density at radius 2 is 1.70 bits per heavy atom. The molecule has 2 aromatic rings. The number of nitrogens with zero attached hydrogens (tertiary/aromatic N) is 2. The first-order chi connectivity index (χ1) is 12.9. The molecular formula is C20H19N3O4. The van der Waals surface area contributed by atoms with Crippen molar-refractivity contribution in [3.63, 3.8) is 0 Å². The van der Waals surface area contributed by atoms with Crippen LogP contribution in [-0.4, -0.2) is 30.9 Å². The molecule has 2 rings (SSSR count). The number of anilines is 2. The third-order valence-electron chi connectivity index (χ3n) is 3.67. The molecule has 0 radical (unpaired) electrons. The van der Waals surface area contributed by atoms with Crippen LogP contribution in [0.15, 0.2) is 48.5 Å². The lowest BCUT2D eigenvalue weighted by Crippen LogP contribution is -2.36. The Morgan fingerprint density at radius 3 is 2.22 bits per heavy atom. The molecule has 0 heterocycles. The van der Waals surface area contributed by atoms with Gasteiger partial charge in [-0.2, -0.15) is 5.26 Å². The summed E-state index contributed by atoms with van der Waals surface area (Å²) in [5.41, 5.74) is 1.87. The summed E-state index contributed by atoms with van der Waals surface area (Å²) in [6.45, 7) is 3.19. The number of hydrogen-bond acceptors (Lipinski definition) is 5. The number of nitrogens with one attached hydrogen (secondary N) is 1. The third-order valence-corrected chi connectivity index (χ3v) is 3.67. The second-order valence-corrected chi connectivity index (χ2v) is 5.61. The van der Waals surface area contributed by atoms with Gasteiger partial charge in [-0.1, -0.05) is 0 Å². The predicted molar refractivity (Wildman–Crippen MR) is 100 cm³/mol. The third kappa shape index (κ3) is 5.41. The topological polar surface area (TPSA) is 99.5 Å². The van der Waals surface area contributed by atoms with E-state index in [1.165, 1.54) is 11.8 Å². The fourth-order valence-corrected chi connectivity index (χ4v) is 2.35. The van der Waals surface area contributed by atoms with Gasteiger partial charge in [-0.3, -0.25) is 9.59 Å². The van der Waals surface area contributed by atoms with Gasteiger partial charge in [0.15, 0.2) is 0 Å². The van der Waals surface area contributed by atoms with Gasteiger partial charge in [0.1, 0.15) is 6.54 Å². The number of benzene rings is 2. The Hall–Kier alpha value is -3.66. The van der Waals surface area contributed by atoms with Crippen LogP contribution in [0.5, 0.6) is 0 Å². The molecule has 0 bridgehead atoms. The second-order valence-electron chi connectivity index (χ2n) is 5.61. The maximum Gasteiger partial charge on any atom is 0.338 e. The zero-order valence-corrected chi connectivity index (χ0v) is 15.1. The first-order valence-electron chi connectivity index (χ1n) is 8.30. The Labute approximate surface area is 157 Å². The molecule has 27 heavy (non-hydrogen) atoms. The van der Waals surface area contributed by atoms with Gasteiger partial charge in [-0.25, -0.2) is 4.79 Å². The van der Waals surface area contributed by atoms with Crippen molar-refractivity contribution in [2.45, 2.75) is 13.8 Å². The minimum Gasteiger partial charge on any atom is -0.462 e. The zero-order chi connectivity index (χ0) is 19.8. The summed E-state index contributed by atoms with van der Waals surface area (Å²) >= 11 is 0. The largest absolute Gasteiger partial charge is 0.462 e. The summed E-state index contributed by atoms with van der Waals surface area (Å²) in [7, 11) is 0. The number of amides is 2. The van der Waals surface area contributed by atoms with E-state index in [-0.39, 0.29) is 19.1 Å². The molecule has 0 aromatic heterocycles. The number of carbonyl (C=O) groups excluding carboxylic acids is 3. The summed E-state index contributed by atoms with van der Waals surface area (Å²) in [6, 6.07) is 14.7. The number of nitriles is 1. The minimum atomic E-state index is -0.432. The molecule has 0 saturated heterocycles. The van der Waals surface area contributed by atoms with Crippen LogP contribution in [0.1, 0.15) is 29.8 Å². The molecule has 0 spiro atoms. The molecule has 7 nitrogen and oxygen atoms in total. The maximum absolute atomic E-state index is 12.3. The van der Waals surface area contributed by atoms with E-state index in [9.17, 15) is 14.4 Å². The molecule has 0 atom stereocenters. The summed E-state index contributed by atoms with van der Waals surface area (Å²) in [4.78, 5) is 37.1. The van der Waals surface area contributed by atoms with Crippen molar-refractivity contribution in [1.29, 1.82) is 5.26 Å².